The summed E-state index contributed by atoms with van der Waals surface area (Å²) in [6.45, 7) is 4.93. The van der Waals surface area contributed by atoms with Crippen LogP contribution in [0.2, 0.25) is 0 Å². The molecule has 0 bridgehead atoms. The zero-order valence-corrected chi connectivity index (χ0v) is 48.4. The lowest BCUT2D eigenvalue weighted by molar-refractivity contribution is -0.142. The molecule has 10 heteroatoms. The van der Waals surface area contributed by atoms with Crippen molar-refractivity contribution in [2.24, 2.45) is 23.7 Å². The van der Waals surface area contributed by atoms with Gasteiger partial charge in [0.25, 0.3) is 0 Å². The molecule has 8 aromatic carbocycles. The van der Waals surface area contributed by atoms with Crippen LogP contribution >= 0.6 is 0 Å². The number of aryl methyl sites for hydroxylation is 2. The average molecular weight is 1130 g/mol. The number of rotatable bonds is 18. The first kappa shape index (κ1) is 54.7. The van der Waals surface area contributed by atoms with Gasteiger partial charge in [0, 0.05) is 11.4 Å². The summed E-state index contributed by atoms with van der Waals surface area (Å²) in [6.07, 6.45) is 11.8. The van der Waals surface area contributed by atoms with Crippen LogP contribution in [0.25, 0.3) is 87.4 Å². The van der Waals surface area contributed by atoms with Crippen LogP contribution in [-0.2, 0) is 54.6 Å². The Morgan fingerprint density at radius 1 is 0.407 bits per heavy atom. The molecule has 0 unspecified atom stereocenters. The molecule has 0 amide bonds. The number of hydrogen-bond donors (Lipinski definition) is 0. The average Bonchev–Trinajstić information content (AvgIpc) is 1.33. The molecule has 0 N–H and O–H groups in total. The van der Waals surface area contributed by atoms with Crippen LogP contribution < -0.4 is 0 Å². The SMILES string of the molecule is Cc1cccc(-c2cccc(CO[C@@H]3C[C@H]4C[C@H](/C=C/COC(=O)Cc5ccc6ccc7cccc8ccc5c6c78)[C@@H](/C=C/COC(=O)Cc5ccc6ccc7cccc8ccc5c6c78)C[C@H]4C[C@H]3OCc3cccc(-c4cccc(C)n4)n3)n2)n1. The number of carbonyl (C=O) groups is 2. The molecular weight excluding hydrogens is 1060 g/mol. The van der Waals surface area contributed by atoms with E-state index in [1.54, 1.807) is 0 Å². The van der Waals surface area contributed by atoms with Crippen molar-refractivity contribution in [3.8, 4) is 22.8 Å². The lowest BCUT2D eigenvalue weighted by Gasteiger charge is -2.47. The molecule has 6 atom stereocenters. The second-order valence-corrected chi connectivity index (χ2v) is 23.6. The highest BCUT2D eigenvalue weighted by molar-refractivity contribution is 6.25. The monoisotopic (exact) mass is 1130 g/mol. The number of fused-ring (bicyclic) bond motifs is 1. The van der Waals surface area contributed by atoms with E-state index in [4.69, 9.17) is 38.9 Å². The molecule has 0 radical (unpaired) electrons. The molecule has 2 saturated carbocycles. The van der Waals surface area contributed by atoms with Crippen molar-refractivity contribution in [3.05, 3.63) is 240 Å². The largest absolute Gasteiger partial charge is 0.461 e. The third-order valence-electron chi connectivity index (χ3n) is 18.0. The van der Waals surface area contributed by atoms with Crippen molar-refractivity contribution in [2.45, 2.75) is 77.8 Å². The van der Waals surface area contributed by atoms with Crippen LogP contribution in [0.4, 0.5) is 0 Å². The molecule has 2 aliphatic carbocycles. The number of esters is 2. The van der Waals surface area contributed by atoms with Crippen LogP contribution in [0.1, 0.15) is 59.6 Å². The second kappa shape index (κ2) is 24.0. The molecule has 4 aromatic heterocycles. The molecule has 12 aromatic rings. The van der Waals surface area contributed by atoms with Gasteiger partial charge in [-0.2, -0.15) is 0 Å². The fourth-order valence-corrected chi connectivity index (χ4v) is 13.9. The maximum absolute atomic E-state index is 13.7. The lowest BCUT2D eigenvalue weighted by Crippen LogP contribution is -2.45. The van der Waals surface area contributed by atoms with Gasteiger partial charge in [0.15, 0.2) is 0 Å². The summed E-state index contributed by atoms with van der Waals surface area (Å²) in [7, 11) is 0. The summed E-state index contributed by atoms with van der Waals surface area (Å²) in [6, 6.07) is 62.4. The highest BCUT2D eigenvalue weighted by Gasteiger charge is 2.44. The van der Waals surface area contributed by atoms with E-state index in [1.807, 2.05) is 98.8 Å². The smallest absolute Gasteiger partial charge is 0.310 e. The van der Waals surface area contributed by atoms with E-state index < -0.39 is 0 Å². The van der Waals surface area contributed by atoms with E-state index in [0.29, 0.717) is 25.0 Å². The second-order valence-electron chi connectivity index (χ2n) is 23.6. The Labute approximate surface area is 500 Å². The van der Waals surface area contributed by atoms with Crippen LogP contribution in [0.5, 0.6) is 0 Å². The zero-order chi connectivity index (χ0) is 58.1. The Kier molecular flexibility index (Phi) is 15.3. The maximum atomic E-state index is 13.7. The quantitative estimate of drug-likeness (QED) is 0.0466. The molecule has 426 valence electrons. The Bertz CT molecular complexity index is 4220. The van der Waals surface area contributed by atoms with Gasteiger partial charge in [-0.1, -0.05) is 158 Å². The molecule has 0 saturated heterocycles. The minimum atomic E-state index is -0.268. The van der Waals surface area contributed by atoms with Crippen molar-refractivity contribution < 1.29 is 28.5 Å². The standard InChI is InChI=1S/C76H66N4O6/c1-47-11-3-21-65(77-47)67-23-7-19-61(79-67)45-85-69-41-59-39-55(17-9-37-83-71(81)43-57-31-29-53-27-25-49-13-5-15-51-33-35-63(57)75(53)73(49)51)56(40-60(59)42-70(69)86-46-62-20-8-24-68(80-62)66-22-4-12-48(2)78-66)18-10-38-84-72(82)44-58-32-30-54-28-26-50-14-6-16-52-34-36-64(58)76(54)74(50)52/h3-36,55-56,59-60,69-70H,37-46H2,1-2H3/b17-9+,18-10+/t55-,56-,59-,60+,69+,70+/m0/s1. The normalized spacial score (nSPS) is 19.0. The minimum absolute atomic E-state index is 0.122. The maximum Gasteiger partial charge on any atom is 0.310 e. The number of ether oxygens (including phenoxy) is 4. The number of aromatic nitrogens is 4. The summed E-state index contributed by atoms with van der Waals surface area (Å²) in [4.78, 5) is 46.9. The van der Waals surface area contributed by atoms with Crippen LogP contribution in [0.3, 0.4) is 0 Å². The van der Waals surface area contributed by atoms with Gasteiger partial charge >= 0.3 is 11.9 Å². The highest BCUT2D eigenvalue weighted by Crippen LogP contribution is 2.48. The third kappa shape index (κ3) is 11.4. The Morgan fingerprint density at radius 2 is 0.767 bits per heavy atom. The van der Waals surface area contributed by atoms with Crippen molar-refractivity contribution in [1.29, 1.82) is 0 Å². The topological polar surface area (TPSA) is 123 Å². The van der Waals surface area contributed by atoms with E-state index in [0.717, 1.165) is 104 Å². The van der Waals surface area contributed by atoms with Gasteiger partial charge in [0.1, 0.15) is 13.2 Å². The van der Waals surface area contributed by atoms with Gasteiger partial charge in [0.2, 0.25) is 0 Å². The summed E-state index contributed by atoms with van der Waals surface area (Å²) in [5, 5.41) is 14.1. The molecular formula is C76H66N4O6. The van der Waals surface area contributed by atoms with Crippen LogP contribution in [-0.4, -0.2) is 57.3 Å². The molecule has 0 aliphatic heterocycles. The summed E-state index contributed by atoms with van der Waals surface area (Å²) in [5.74, 6) is 0.356. The first-order chi connectivity index (χ1) is 42.2. The van der Waals surface area contributed by atoms with Gasteiger partial charge in [-0.05, 0) is 187 Å². The molecule has 4 heterocycles. The van der Waals surface area contributed by atoms with Gasteiger partial charge in [-0.25, -0.2) is 9.97 Å². The summed E-state index contributed by atoms with van der Waals surface area (Å²) < 4.78 is 25.9. The predicted octanol–water partition coefficient (Wildman–Crippen LogP) is 16.2. The van der Waals surface area contributed by atoms with Crippen LogP contribution in [0, 0.1) is 37.5 Å². The molecule has 14 rings (SSSR count). The Hall–Kier alpha value is -9.22. The Morgan fingerprint density at radius 3 is 1.19 bits per heavy atom. The van der Waals surface area contributed by atoms with Crippen molar-refractivity contribution in [3.63, 3.8) is 0 Å². The van der Waals surface area contributed by atoms with Gasteiger partial charge in [0.05, 0.1) is 72.4 Å². The van der Waals surface area contributed by atoms with Gasteiger partial charge in [-0.3, -0.25) is 19.6 Å². The fourth-order valence-electron chi connectivity index (χ4n) is 13.9. The van der Waals surface area contributed by atoms with E-state index >= 15 is 0 Å². The number of nitrogens with zero attached hydrogens (tertiary/aromatic N) is 4. The molecule has 2 aliphatic rings. The van der Waals surface area contributed by atoms with Gasteiger partial charge < -0.3 is 18.9 Å². The van der Waals surface area contributed by atoms with Crippen molar-refractivity contribution in [1.82, 2.24) is 19.9 Å². The first-order valence-electron chi connectivity index (χ1n) is 30.2. The van der Waals surface area contributed by atoms with Gasteiger partial charge in [-0.15, -0.1) is 0 Å². The third-order valence-corrected chi connectivity index (χ3v) is 18.0. The van der Waals surface area contributed by atoms with E-state index in [9.17, 15) is 9.59 Å². The number of pyridine rings is 4. The van der Waals surface area contributed by atoms with E-state index in [2.05, 4.69) is 121 Å². The number of allylic oxidation sites excluding steroid dienone is 2. The van der Waals surface area contributed by atoms with E-state index in [-0.39, 0.29) is 62.0 Å². The van der Waals surface area contributed by atoms with Crippen molar-refractivity contribution in [2.75, 3.05) is 13.2 Å². The lowest BCUT2D eigenvalue weighted by atomic mass is 9.62. The molecule has 86 heavy (non-hydrogen) atoms. The molecule has 2 fully saturated rings. The minimum Gasteiger partial charge on any atom is -0.461 e. The molecule has 0 spiro atoms. The summed E-state index contributed by atoms with van der Waals surface area (Å²) >= 11 is 0. The highest BCUT2D eigenvalue weighted by atomic mass is 16.5. The number of benzene rings is 8. The Balaban J connectivity index is 0.698. The van der Waals surface area contributed by atoms with Crippen molar-refractivity contribution >= 4 is 76.6 Å². The molecule has 10 nitrogen and oxygen atoms in total. The first-order valence-corrected chi connectivity index (χ1v) is 30.2. The predicted molar refractivity (Wildman–Crippen MR) is 342 cm³/mol. The number of carbonyl (C=O) groups excluding carboxylic acids is 2. The van der Waals surface area contributed by atoms with Crippen LogP contribution in [0.15, 0.2) is 206 Å². The fraction of sp³-hybridized carbons (Fsp3) is 0.237. The zero-order valence-electron chi connectivity index (χ0n) is 48.4. The van der Waals surface area contributed by atoms with E-state index in [1.165, 1.54) is 43.1 Å². The number of hydrogen-bond acceptors (Lipinski definition) is 10. The summed E-state index contributed by atoms with van der Waals surface area (Å²) in [5.41, 5.74) is 8.69.